The maximum atomic E-state index is 13.4. The van der Waals surface area contributed by atoms with E-state index < -0.39 is 11.6 Å². The fourth-order valence-electron chi connectivity index (χ4n) is 1.31. The van der Waals surface area contributed by atoms with E-state index in [0.29, 0.717) is 12.1 Å². The first-order valence-corrected chi connectivity index (χ1v) is 4.69. The monoisotopic (exact) mass is 225 g/mol. The highest BCUT2D eigenvalue weighted by atomic mass is 19.2. The van der Waals surface area contributed by atoms with Crippen LogP contribution in [0.1, 0.15) is 5.69 Å². The van der Waals surface area contributed by atoms with Gasteiger partial charge in [0.15, 0.2) is 11.6 Å². The predicted octanol–water partition coefficient (Wildman–Crippen LogP) is 1.08. The van der Waals surface area contributed by atoms with Crippen molar-refractivity contribution in [2.45, 2.75) is 6.42 Å². The molecule has 0 aliphatic carbocycles. The number of aromatic nitrogens is 3. The van der Waals surface area contributed by atoms with Crippen LogP contribution in [0.5, 0.6) is 0 Å². The minimum absolute atomic E-state index is 0.00307. The second-order valence-corrected chi connectivity index (χ2v) is 3.20. The highest BCUT2D eigenvalue weighted by Crippen LogP contribution is 2.15. The van der Waals surface area contributed by atoms with Crippen LogP contribution < -0.4 is 0 Å². The quantitative estimate of drug-likeness (QED) is 0.850. The summed E-state index contributed by atoms with van der Waals surface area (Å²) in [6, 6.07) is 3.82. The number of aliphatic hydroxyl groups is 1. The number of benzene rings is 1. The number of hydrogen-bond donors (Lipinski definition) is 1. The normalized spacial score (nSPS) is 10.7. The first-order valence-electron chi connectivity index (χ1n) is 4.69. The average molecular weight is 225 g/mol. The van der Waals surface area contributed by atoms with Gasteiger partial charge in [0.25, 0.3) is 0 Å². The zero-order valence-electron chi connectivity index (χ0n) is 8.27. The van der Waals surface area contributed by atoms with Gasteiger partial charge in [0, 0.05) is 13.0 Å². The van der Waals surface area contributed by atoms with Crippen LogP contribution in [-0.4, -0.2) is 26.7 Å². The van der Waals surface area contributed by atoms with Gasteiger partial charge < -0.3 is 5.11 Å². The maximum absolute atomic E-state index is 13.4. The zero-order valence-corrected chi connectivity index (χ0v) is 8.27. The molecule has 2 aromatic rings. The predicted molar refractivity (Wildman–Crippen MR) is 52.1 cm³/mol. The molecule has 1 heterocycles. The summed E-state index contributed by atoms with van der Waals surface area (Å²) in [6.07, 6.45) is 1.78. The van der Waals surface area contributed by atoms with E-state index in [9.17, 15) is 8.78 Å². The molecule has 1 N–H and O–H groups in total. The fourth-order valence-corrected chi connectivity index (χ4v) is 1.31. The van der Waals surface area contributed by atoms with Gasteiger partial charge in [-0.3, -0.25) is 0 Å². The Bertz CT molecular complexity index is 499. The minimum Gasteiger partial charge on any atom is -0.396 e. The largest absolute Gasteiger partial charge is 0.396 e. The van der Waals surface area contributed by atoms with E-state index >= 15 is 0 Å². The third-order valence-corrected chi connectivity index (χ3v) is 2.09. The van der Waals surface area contributed by atoms with Crippen molar-refractivity contribution in [3.05, 3.63) is 41.7 Å². The van der Waals surface area contributed by atoms with Crippen molar-refractivity contribution in [1.29, 1.82) is 0 Å². The molecule has 0 radical (unpaired) electrons. The third-order valence-electron chi connectivity index (χ3n) is 2.09. The fraction of sp³-hybridized carbons (Fsp3) is 0.200. The van der Waals surface area contributed by atoms with E-state index in [0.717, 1.165) is 10.7 Å². The highest BCUT2D eigenvalue weighted by molar-refractivity contribution is 5.33. The van der Waals surface area contributed by atoms with Gasteiger partial charge in [0.2, 0.25) is 0 Å². The molecule has 0 aliphatic rings. The summed E-state index contributed by atoms with van der Waals surface area (Å²) < 4.78 is 27.5. The van der Waals surface area contributed by atoms with E-state index in [4.69, 9.17) is 5.11 Å². The Morgan fingerprint density at radius 2 is 2.12 bits per heavy atom. The Morgan fingerprint density at radius 1 is 1.31 bits per heavy atom. The van der Waals surface area contributed by atoms with Gasteiger partial charge in [-0.25, -0.2) is 13.5 Å². The number of rotatable bonds is 3. The molecule has 16 heavy (non-hydrogen) atoms. The molecule has 0 saturated heterocycles. The molecule has 0 saturated carbocycles. The van der Waals surface area contributed by atoms with E-state index in [1.807, 2.05) is 0 Å². The molecule has 6 heteroatoms. The van der Waals surface area contributed by atoms with Crippen LogP contribution in [0, 0.1) is 11.6 Å². The Morgan fingerprint density at radius 3 is 2.88 bits per heavy atom. The lowest BCUT2D eigenvalue weighted by Gasteiger charge is -2.01. The van der Waals surface area contributed by atoms with Gasteiger partial charge in [-0.1, -0.05) is 11.3 Å². The summed E-state index contributed by atoms with van der Waals surface area (Å²) in [5, 5.41) is 16.1. The maximum Gasteiger partial charge on any atom is 0.184 e. The van der Waals surface area contributed by atoms with Gasteiger partial charge >= 0.3 is 0 Å². The van der Waals surface area contributed by atoms with Gasteiger partial charge in [-0.05, 0) is 12.1 Å². The van der Waals surface area contributed by atoms with Crippen molar-refractivity contribution < 1.29 is 13.9 Å². The SMILES string of the molecule is OCCc1cn(-c2cccc(F)c2F)nn1. The van der Waals surface area contributed by atoms with Crippen LogP contribution in [0.3, 0.4) is 0 Å². The summed E-state index contributed by atoms with van der Waals surface area (Å²) in [4.78, 5) is 0. The van der Waals surface area contributed by atoms with E-state index in [1.165, 1.54) is 18.3 Å². The van der Waals surface area contributed by atoms with E-state index in [-0.39, 0.29) is 12.3 Å². The molecule has 0 aliphatic heterocycles. The molecule has 0 bridgehead atoms. The topological polar surface area (TPSA) is 50.9 Å². The number of halogens is 2. The molecule has 0 unspecified atom stereocenters. The summed E-state index contributed by atoms with van der Waals surface area (Å²) in [7, 11) is 0. The molecular weight excluding hydrogens is 216 g/mol. The summed E-state index contributed by atoms with van der Waals surface area (Å²) >= 11 is 0. The van der Waals surface area contributed by atoms with Gasteiger partial charge in [-0.2, -0.15) is 0 Å². The number of aliphatic hydroxyl groups excluding tert-OH is 1. The first-order chi connectivity index (χ1) is 7.72. The summed E-state index contributed by atoms with van der Waals surface area (Å²) in [6.45, 7) is -0.0652. The van der Waals surface area contributed by atoms with Crippen molar-refractivity contribution >= 4 is 0 Å². The van der Waals surface area contributed by atoms with Crippen LogP contribution in [-0.2, 0) is 6.42 Å². The van der Waals surface area contributed by atoms with Gasteiger partial charge in [0.05, 0.1) is 11.9 Å². The lowest BCUT2D eigenvalue weighted by atomic mass is 10.3. The van der Waals surface area contributed by atoms with Crippen molar-refractivity contribution in [2.24, 2.45) is 0 Å². The molecule has 0 spiro atoms. The third kappa shape index (κ3) is 1.92. The lowest BCUT2D eigenvalue weighted by Crippen LogP contribution is -2.00. The van der Waals surface area contributed by atoms with Gasteiger partial charge in [0.1, 0.15) is 5.69 Å². The molecule has 0 atom stereocenters. The standard InChI is InChI=1S/C10H9F2N3O/c11-8-2-1-3-9(10(8)12)15-6-7(4-5-16)13-14-15/h1-3,6,16H,4-5H2. The highest BCUT2D eigenvalue weighted by Gasteiger charge is 2.11. The lowest BCUT2D eigenvalue weighted by molar-refractivity contribution is 0.298. The average Bonchev–Trinajstić information content (AvgIpc) is 2.71. The Labute approximate surface area is 90.1 Å². The summed E-state index contributed by atoms with van der Waals surface area (Å²) in [5.41, 5.74) is 0.517. The van der Waals surface area contributed by atoms with E-state index in [2.05, 4.69) is 10.3 Å². The molecule has 4 nitrogen and oxygen atoms in total. The summed E-state index contributed by atoms with van der Waals surface area (Å²) in [5.74, 6) is -1.90. The molecule has 84 valence electrons. The molecule has 1 aromatic heterocycles. The number of hydrogen-bond acceptors (Lipinski definition) is 3. The van der Waals surface area contributed by atoms with Crippen LogP contribution in [0.4, 0.5) is 8.78 Å². The Balaban J connectivity index is 2.39. The molecule has 0 fully saturated rings. The molecule has 0 amide bonds. The molecule has 2 rings (SSSR count). The Hall–Kier alpha value is -1.82. The van der Waals surface area contributed by atoms with Crippen LogP contribution >= 0.6 is 0 Å². The van der Waals surface area contributed by atoms with Crippen molar-refractivity contribution in [3.63, 3.8) is 0 Å². The van der Waals surface area contributed by atoms with E-state index in [1.54, 1.807) is 0 Å². The number of nitrogens with zero attached hydrogens (tertiary/aromatic N) is 3. The Kier molecular flexibility index (Phi) is 2.91. The zero-order chi connectivity index (χ0) is 11.5. The molecule has 1 aromatic carbocycles. The second-order valence-electron chi connectivity index (χ2n) is 3.20. The smallest absolute Gasteiger partial charge is 0.184 e. The van der Waals surface area contributed by atoms with Gasteiger partial charge in [-0.15, -0.1) is 5.10 Å². The molecular formula is C10H9F2N3O. The van der Waals surface area contributed by atoms with Crippen molar-refractivity contribution in [1.82, 2.24) is 15.0 Å². The van der Waals surface area contributed by atoms with Crippen LogP contribution in [0.25, 0.3) is 5.69 Å². The van der Waals surface area contributed by atoms with Crippen LogP contribution in [0.2, 0.25) is 0 Å². The van der Waals surface area contributed by atoms with Crippen LogP contribution in [0.15, 0.2) is 24.4 Å². The first kappa shape index (κ1) is 10.7. The minimum atomic E-state index is -0.969. The second kappa shape index (κ2) is 4.36. The van der Waals surface area contributed by atoms with Crippen molar-refractivity contribution in [2.75, 3.05) is 6.61 Å². The van der Waals surface area contributed by atoms with Crippen molar-refractivity contribution in [3.8, 4) is 5.69 Å².